The number of aromatic nitrogens is 4. The van der Waals surface area contributed by atoms with E-state index in [1.165, 1.54) is 0 Å². The van der Waals surface area contributed by atoms with Gasteiger partial charge in [0, 0.05) is 6.20 Å². The molecule has 0 bridgehead atoms. The zero-order valence-corrected chi connectivity index (χ0v) is 13.0. The second-order valence-corrected chi connectivity index (χ2v) is 5.44. The number of halogens is 1. The second kappa shape index (κ2) is 5.28. The highest BCUT2D eigenvalue weighted by Crippen LogP contribution is 2.24. The quantitative estimate of drug-likeness (QED) is 0.770. The fraction of sp³-hybridized carbons (Fsp3) is 0.286. The smallest absolute Gasteiger partial charge is 0.162 e. The molecule has 0 atom stereocenters. The minimum Gasteiger partial charge on any atom is -0.362 e. The van der Waals surface area contributed by atoms with Gasteiger partial charge in [-0.15, -0.1) is 0 Å². The van der Waals surface area contributed by atoms with Crippen molar-refractivity contribution in [1.82, 2.24) is 19.6 Å². The van der Waals surface area contributed by atoms with Crippen molar-refractivity contribution in [3.05, 3.63) is 46.0 Å². The Morgan fingerprint density at radius 1 is 1.40 bits per heavy atom. The van der Waals surface area contributed by atoms with Crippen LogP contribution in [0.15, 0.2) is 28.9 Å². The number of nitrogens with zero attached hydrogens (tertiary/aromatic N) is 3. The molecule has 0 aliphatic rings. The summed E-state index contributed by atoms with van der Waals surface area (Å²) in [5.41, 5.74) is 4.25. The van der Waals surface area contributed by atoms with E-state index in [-0.39, 0.29) is 0 Å². The van der Waals surface area contributed by atoms with Gasteiger partial charge in [0.15, 0.2) is 5.82 Å². The van der Waals surface area contributed by atoms with Crippen LogP contribution in [0.2, 0.25) is 0 Å². The maximum absolute atomic E-state index is 4.55. The lowest BCUT2D eigenvalue weighted by Crippen LogP contribution is -2.04. The molecule has 20 heavy (non-hydrogen) atoms. The van der Waals surface area contributed by atoms with Gasteiger partial charge in [-0.1, -0.05) is 13.0 Å². The maximum Gasteiger partial charge on any atom is 0.162 e. The van der Waals surface area contributed by atoms with Gasteiger partial charge in [-0.05, 0) is 41.4 Å². The zero-order chi connectivity index (χ0) is 14.1. The molecule has 0 unspecified atom stereocenters. The van der Waals surface area contributed by atoms with Crippen molar-refractivity contribution in [2.75, 3.05) is 5.32 Å². The van der Waals surface area contributed by atoms with E-state index in [2.05, 4.69) is 47.8 Å². The fourth-order valence-corrected chi connectivity index (χ4v) is 2.86. The number of nitrogens with one attached hydrogen (secondary N) is 2. The average molecular weight is 334 g/mol. The van der Waals surface area contributed by atoms with Crippen LogP contribution in [0.5, 0.6) is 0 Å². The molecule has 0 amide bonds. The summed E-state index contributed by atoms with van der Waals surface area (Å²) in [5.74, 6) is 0.840. The van der Waals surface area contributed by atoms with Gasteiger partial charge in [-0.25, -0.2) is 4.98 Å². The van der Waals surface area contributed by atoms with Gasteiger partial charge in [0.05, 0.1) is 28.1 Å². The van der Waals surface area contributed by atoms with Crippen molar-refractivity contribution in [3.63, 3.8) is 0 Å². The molecule has 0 aliphatic carbocycles. The number of rotatable bonds is 4. The van der Waals surface area contributed by atoms with Crippen LogP contribution in [-0.4, -0.2) is 19.6 Å². The summed E-state index contributed by atoms with van der Waals surface area (Å²) in [6.45, 7) is 4.81. The van der Waals surface area contributed by atoms with Crippen molar-refractivity contribution in [3.8, 4) is 0 Å². The molecule has 3 rings (SSSR count). The first kappa shape index (κ1) is 13.2. The molecule has 0 saturated carbocycles. The van der Waals surface area contributed by atoms with Crippen LogP contribution in [0.3, 0.4) is 0 Å². The Morgan fingerprint density at radius 3 is 3.00 bits per heavy atom. The number of anilines is 1. The van der Waals surface area contributed by atoms with Crippen LogP contribution in [-0.2, 0) is 13.0 Å². The van der Waals surface area contributed by atoms with Gasteiger partial charge >= 0.3 is 0 Å². The Morgan fingerprint density at radius 2 is 2.25 bits per heavy atom. The van der Waals surface area contributed by atoms with E-state index >= 15 is 0 Å². The fourth-order valence-electron chi connectivity index (χ4n) is 2.26. The lowest BCUT2D eigenvalue weighted by Gasteiger charge is -2.05. The standard InChI is InChI=1S/C14H16BrN5/c1-3-10-13(15)14(19-18-10)16-8-11-9(2)17-12-6-4-5-7-20(11)12/h4-7H,3,8H2,1-2H3,(H2,16,18,19). The largest absolute Gasteiger partial charge is 0.362 e. The van der Waals surface area contributed by atoms with Crippen molar-refractivity contribution in [2.24, 2.45) is 0 Å². The topological polar surface area (TPSA) is 58.0 Å². The first-order valence-corrected chi connectivity index (χ1v) is 7.39. The maximum atomic E-state index is 4.55. The monoisotopic (exact) mass is 333 g/mol. The number of aryl methyl sites for hydroxylation is 2. The summed E-state index contributed by atoms with van der Waals surface area (Å²) in [5, 5.41) is 10.7. The normalized spacial score (nSPS) is 11.2. The summed E-state index contributed by atoms with van der Waals surface area (Å²) in [4.78, 5) is 4.55. The van der Waals surface area contributed by atoms with Crippen LogP contribution >= 0.6 is 15.9 Å². The second-order valence-electron chi connectivity index (χ2n) is 4.64. The SMILES string of the molecule is CCc1[nH]nc(NCc2c(C)nc3ccccn23)c1Br. The van der Waals surface area contributed by atoms with Crippen molar-refractivity contribution < 1.29 is 0 Å². The molecule has 0 spiro atoms. The minimum atomic E-state index is 0.684. The summed E-state index contributed by atoms with van der Waals surface area (Å²) in [7, 11) is 0. The lowest BCUT2D eigenvalue weighted by atomic mass is 10.3. The summed E-state index contributed by atoms with van der Waals surface area (Å²) < 4.78 is 3.11. The van der Waals surface area contributed by atoms with Gasteiger partial charge < -0.3 is 9.72 Å². The van der Waals surface area contributed by atoms with Crippen molar-refractivity contribution in [2.45, 2.75) is 26.8 Å². The van der Waals surface area contributed by atoms with E-state index in [1.807, 2.05) is 31.3 Å². The molecule has 0 aromatic carbocycles. The number of pyridine rings is 1. The summed E-state index contributed by atoms with van der Waals surface area (Å²) in [6, 6.07) is 6.02. The highest BCUT2D eigenvalue weighted by Gasteiger charge is 2.11. The minimum absolute atomic E-state index is 0.684. The van der Waals surface area contributed by atoms with Crippen LogP contribution in [0, 0.1) is 6.92 Å². The number of H-pyrrole nitrogens is 1. The number of fused-ring (bicyclic) bond motifs is 1. The third kappa shape index (κ3) is 2.20. The number of aromatic amines is 1. The average Bonchev–Trinajstić information content (AvgIpc) is 2.96. The van der Waals surface area contributed by atoms with Crippen LogP contribution in [0.25, 0.3) is 5.65 Å². The molecule has 0 radical (unpaired) electrons. The molecular formula is C14H16BrN5. The van der Waals surface area contributed by atoms with E-state index in [1.54, 1.807) is 0 Å². The molecule has 3 aromatic heterocycles. The van der Waals surface area contributed by atoms with Crippen molar-refractivity contribution >= 4 is 27.4 Å². The summed E-state index contributed by atoms with van der Waals surface area (Å²) in [6.07, 6.45) is 2.95. The van der Waals surface area contributed by atoms with Crippen LogP contribution in [0.1, 0.15) is 24.0 Å². The first-order chi connectivity index (χ1) is 9.70. The predicted octanol–water partition coefficient (Wildman–Crippen LogP) is 3.30. The first-order valence-electron chi connectivity index (χ1n) is 6.60. The molecule has 104 valence electrons. The zero-order valence-electron chi connectivity index (χ0n) is 11.4. The molecule has 0 saturated heterocycles. The van der Waals surface area contributed by atoms with Gasteiger partial charge in [-0.3, -0.25) is 5.10 Å². The van der Waals surface area contributed by atoms with Gasteiger partial charge in [0.25, 0.3) is 0 Å². The molecular weight excluding hydrogens is 318 g/mol. The Hall–Kier alpha value is -1.82. The van der Waals surface area contributed by atoms with E-state index in [0.717, 1.165) is 39.4 Å². The predicted molar refractivity (Wildman–Crippen MR) is 82.9 cm³/mol. The van der Waals surface area contributed by atoms with Crippen molar-refractivity contribution in [1.29, 1.82) is 0 Å². The lowest BCUT2D eigenvalue weighted by molar-refractivity contribution is 0.951. The van der Waals surface area contributed by atoms with Gasteiger partial charge in [0.1, 0.15) is 5.65 Å². The van der Waals surface area contributed by atoms with Gasteiger partial charge in [-0.2, -0.15) is 5.10 Å². The van der Waals surface area contributed by atoms with Crippen LogP contribution in [0.4, 0.5) is 5.82 Å². The number of hydrogen-bond donors (Lipinski definition) is 2. The molecule has 6 heteroatoms. The molecule has 3 heterocycles. The van der Waals surface area contributed by atoms with E-state index in [0.29, 0.717) is 6.54 Å². The third-order valence-corrected chi connectivity index (χ3v) is 4.24. The molecule has 2 N–H and O–H groups in total. The summed E-state index contributed by atoms with van der Waals surface area (Å²) >= 11 is 3.57. The Bertz CT molecular complexity index is 743. The number of imidazole rings is 1. The van der Waals surface area contributed by atoms with Gasteiger partial charge in [0.2, 0.25) is 0 Å². The molecule has 5 nitrogen and oxygen atoms in total. The highest BCUT2D eigenvalue weighted by molar-refractivity contribution is 9.10. The molecule has 0 fully saturated rings. The Labute approximate surface area is 125 Å². The molecule has 0 aliphatic heterocycles. The Balaban J connectivity index is 1.86. The van der Waals surface area contributed by atoms with E-state index in [4.69, 9.17) is 0 Å². The highest BCUT2D eigenvalue weighted by atomic mass is 79.9. The Kier molecular flexibility index (Phi) is 3.48. The van der Waals surface area contributed by atoms with E-state index < -0.39 is 0 Å². The van der Waals surface area contributed by atoms with E-state index in [9.17, 15) is 0 Å². The number of hydrogen-bond acceptors (Lipinski definition) is 3. The van der Waals surface area contributed by atoms with Crippen LogP contribution < -0.4 is 5.32 Å². The third-order valence-electron chi connectivity index (χ3n) is 3.38. The molecule has 3 aromatic rings.